The summed E-state index contributed by atoms with van der Waals surface area (Å²) in [6.45, 7) is 5.62. The third kappa shape index (κ3) is 5.03. The Balaban J connectivity index is 1.31. The number of hydrogen-bond donors (Lipinski definition) is 0. The van der Waals surface area contributed by atoms with Crippen molar-refractivity contribution in [1.82, 2.24) is 14.5 Å². The molecule has 1 aromatic carbocycles. The van der Waals surface area contributed by atoms with Gasteiger partial charge in [-0.2, -0.15) is 4.98 Å². The van der Waals surface area contributed by atoms with Crippen LogP contribution in [0.25, 0.3) is 0 Å². The fourth-order valence-electron chi connectivity index (χ4n) is 5.16. The van der Waals surface area contributed by atoms with Crippen molar-refractivity contribution in [1.29, 1.82) is 0 Å². The number of ether oxygens (including phenoxy) is 1. The summed E-state index contributed by atoms with van der Waals surface area (Å²) >= 11 is 1.44. The minimum atomic E-state index is -0.179. The molecule has 7 nitrogen and oxygen atoms in total. The maximum atomic E-state index is 13.1. The molecule has 0 saturated carbocycles. The quantitative estimate of drug-likeness (QED) is 0.480. The summed E-state index contributed by atoms with van der Waals surface area (Å²) in [6.07, 6.45) is 6.06. The predicted molar refractivity (Wildman–Crippen MR) is 130 cm³/mol. The van der Waals surface area contributed by atoms with Gasteiger partial charge in [-0.15, -0.1) is 0 Å². The van der Waals surface area contributed by atoms with E-state index in [0.29, 0.717) is 12.3 Å². The zero-order chi connectivity index (χ0) is 22.6. The highest BCUT2D eigenvalue weighted by Gasteiger charge is 2.25. The van der Waals surface area contributed by atoms with Gasteiger partial charge in [0.05, 0.1) is 19.0 Å². The lowest BCUT2D eigenvalue weighted by molar-refractivity contribution is -0.116. The van der Waals surface area contributed by atoms with Crippen LogP contribution in [0.4, 0.5) is 5.69 Å². The molecule has 0 radical (unpaired) electrons. The first kappa shape index (κ1) is 22.6. The second-order valence-corrected chi connectivity index (χ2v) is 9.97. The number of carbonyl (C=O) groups is 1. The molecule has 2 aliphatic heterocycles. The molecular formula is C25H32N4O3S. The van der Waals surface area contributed by atoms with Crippen molar-refractivity contribution >= 4 is 23.4 Å². The first-order chi connectivity index (χ1) is 16.2. The Labute approximate surface area is 199 Å². The van der Waals surface area contributed by atoms with Crippen LogP contribution in [0.15, 0.2) is 34.1 Å². The van der Waals surface area contributed by atoms with E-state index in [4.69, 9.17) is 4.74 Å². The molecule has 3 heterocycles. The lowest BCUT2D eigenvalue weighted by Crippen LogP contribution is -2.40. The number of hydrogen-bond acceptors (Lipinski definition) is 6. The van der Waals surface area contributed by atoms with Gasteiger partial charge in [0, 0.05) is 49.7 Å². The minimum Gasteiger partial charge on any atom is -0.379 e. The van der Waals surface area contributed by atoms with Gasteiger partial charge in [-0.1, -0.05) is 30.0 Å². The molecule has 1 amide bonds. The number of aryl methyl sites for hydroxylation is 1. The molecule has 8 heteroatoms. The van der Waals surface area contributed by atoms with E-state index < -0.39 is 0 Å². The smallest absolute Gasteiger partial charge is 0.348 e. The minimum absolute atomic E-state index is 0.0926. The Bertz CT molecular complexity index is 1060. The van der Waals surface area contributed by atoms with Gasteiger partial charge in [0.15, 0.2) is 0 Å². The molecule has 0 spiro atoms. The lowest BCUT2D eigenvalue weighted by atomic mass is 9.97. The zero-order valence-electron chi connectivity index (χ0n) is 19.1. The number of amides is 1. The van der Waals surface area contributed by atoms with E-state index in [1.165, 1.54) is 22.9 Å². The number of carbonyl (C=O) groups excluding carboxylic acids is 1. The van der Waals surface area contributed by atoms with Crippen LogP contribution in [0, 0.1) is 0 Å². The van der Waals surface area contributed by atoms with Crippen molar-refractivity contribution < 1.29 is 9.53 Å². The molecule has 0 N–H and O–H groups in total. The number of para-hydroxylation sites is 1. The van der Waals surface area contributed by atoms with E-state index in [1.54, 1.807) is 0 Å². The van der Waals surface area contributed by atoms with Gasteiger partial charge in [-0.25, -0.2) is 4.79 Å². The highest BCUT2D eigenvalue weighted by molar-refractivity contribution is 8.00. The number of benzene rings is 1. The monoisotopic (exact) mass is 468 g/mol. The second kappa shape index (κ2) is 10.4. The second-order valence-electron chi connectivity index (χ2n) is 9.00. The van der Waals surface area contributed by atoms with Crippen LogP contribution in [-0.2, 0) is 35.3 Å². The van der Waals surface area contributed by atoms with Gasteiger partial charge in [-0.05, 0) is 50.2 Å². The molecule has 0 bridgehead atoms. The normalized spacial score (nSPS) is 18.6. The number of anilines is 1. The third-order valence-electron chi connectivity index (χ3n) is 6.94. The largest absolute Gasteiger partial charge is 0.379 e. The van der Waals surface area contributed by atoms with Gasteiger partial charge in [0.1, 0.15) is 5.03 Å². The highest BCUT2D eigenvalue weighted by Crippen LogP contribution is 2.31. The number of thioether (sulfide) groups is 1. The predicted octanol–water partition coefficient (Wildman–Crippen LogP) is 2.53. The first-order valence-corrected chi connectivity index (χ1v) is 13.1. The molecule has 3 aliphatic rings. The number of aromatic nitrogens is 2. The van der Waals surface area contributed by atoms with Gasteiger partial charge in [-0.3, -0.25) is 14.3 Å². The summed E-state index contributed by atoms with van der Waals surface area (Å²) in [4.78, 5) is 34.8. The molecule has 176 valence electrons. The summed E-state index contributed by atoms with van der Waals surface area (Å²) in [6, 6.07) is 8.17. The highest BCUT2D eigenvalue weighted by atomic mass is 32.2. The Morgan fingerprint density at radius 3 is 2.70 bits per heavy atom. The Kier molecular flexibility index (Phi) is 7.13. The van der Waals surface area contributed by atoms with Crippen molar-refractivity contribution in [2.24, 2.45) is 0 Å². The van der Waals surface area contributed by atoms with E-state index in [9.17, 15) is 9.59 Å². The van der Waals surface area contributed by atoms with Gasteiger partial charge < -0.3 is 9.64 Å². The summed E-state index contributed by atoms with van der Waals surface area (Å²) in [5.41, 5.74) is 4.40. The SMILES string of the molecule is O=C(CSc1nc(=O)n(CCN2CCOCC2)c2c1CCCC2)N1CCCc2ccccc21. The number of fused-ring (bicyclic) bond motifs is 2. The number of rotatable bonds is 6. The van der Waals surface area contributed by atoms with Crippen molar-refractivity contribution in [2.45, 2.75) is 50.1 Å². The van der Waals surface area contributed by atoms with Crippen LogP contribution >= 0.6 is 11.8 Å². The van der Waals surface area contributed by atoms with E-state index in [-0.39, 0.29) is 11.6 Å². The van der Waals surface area contributed by atoms with Crippen LogP contribution in [0.1, 0.15) is 36.1 Å². The molecule has 1 aromatic heterocycles. The maximum Gasteiger partial charge on any atom is 0.348 e. The van der Waals surface area contributed by atoms with Crippen molar-refractivity contribution in [3.05, 3.63) is 51.6 Å². The zero-order valence-corrected chi connectivity index (χ0v) is 19.9. The van der Waals surface area contributed by atoms with E-state index in [1.807, 2.05) is 27.7 Å². The van der Waals surface area contributed by atoms with Gasteiger partial charge in [0.2, 0.25) is 5.91 Å². The molecule has 1 aliphatic carbocycles. The third-order valence-corrected chi connectivity index (χ3v) is 7.94. The number of morpholine rings is 1. The van der Waals surface area contributed by atoms with Crippen molar-refractivity contribution in [3.8, 4) is 0 Å². The van der Waals surface area contributed by atoms with Crippen LogP contribution in [-0.4, -0.2) is 65.5 Å². The summed E-state index contributed by atoms with van der Waals surface area (Å²) in [7, 11) is 0. The summed E-state index contributed by atoms with van der Waals surface area (Å²) in [5, 5.41) is 0.760. The molecule has 0 atom stereocenters. The topological polar surface area (TPSA) is 67.7 Å². The fraction of sp³-hybridized carbons (Fsp3) is 0.560. The molecule has 0 unspecified atom stereocenters. The van der Waals surface area contributed by atoms with E-state index in [2.05, 4.69) is 16.0 Å². The lowest BCUT2D eigenvalue weighted by Gasteiger charge is -2.30. The van der Waals surface area contributed by atoms with Crippen LogP contribution in [0.3, 0.4) is 0 Å². The van der Waals surface area contributed by atoms with Crippen LogP contribution in [0.2, 0.25) is 0 Å². The van der Waals surface area contributed by atoms with E-state index >= 15 is 0 Å². The first-order valence-electron chi connectivity index (χ1n) is 12.1. The summed E-state index contributed by atoms with van der Waals surface area (Å²) in [5.74, 6) is 0.403. The fourth-order valence-corrected chi connectivity index (χ4v) is 6.12. The van der Waals surface area contributed by atoms with Crippen molar-refractivity contribution in [3.63, 3.8) is 0 Å². The molecule has 2 aromatic rings. The standard InChI is InChI=1S/C25H32N4O3S/c30-23(28-11-5-7-19-6-1-3-9-21(19)28)18-33-24-20-8-2-4-10-22(20)29(25(31)26-24)13-12-27-14-16-32-17-15-27/h1,3,6,9H,2,4-5,7-8,10-18H2. The van der Waals surface area contributed by atoms with Crippen LogP contribution < -0.4 is 10.6 Å². The Hall–Kier alpha value is -2.16. The van der Waals surface area contributed by atoms with Gasteiger partial charge in [0.25, 0.3) is 0 Å². The Morgan fingerprint density at radius 1 is 1.00 bits per heavy atom. The molecule has 33 heavy (non-hydrogen) atoms. The van der Waals surface area contributed by atoms with Gasteiger partial charge >= 0.3 is 5.69 Å². The average Bonchev–Trinajstić information content (AvgIpc) is 2.87. The number of nitrogens with zero attached hydrogens (tertiary/aromatic N) is 4. The molecular weight excluding hydrogens is 436 g/mol. The summed E-state index contributed by atoms with van der Waals surface area (Å²) < 4.78 is 7.32. The average molecular weight is 469 g/mol. The molecule has 5 rings (SSSR count). The van der Waals surface area contributed by atoms with E-state index in [0.717, 1.165) is 94.3 Å². The Morgan fingerprint density at radius 2 is 1.82 bits per heavy atom. The molecule has 1 saturated heterocycles. The van der Waals surface area contributed by atoms with Crippen molar-refractivity contribution in [2.75, 3.05) is 50.0 Å². The van der Waals surface area contributed by atoms with Crippen LogP contribution in [0.5, 0.6) is 0 Å². The molecule has 1 fully saturated rings. The maximum absolute atomic E-state index is 13.1.